The molecule has 11 aromatic carbocycles. The number of benzene rings is 11. The van der Waals surface area contributed by atoms with Crippen LogP contribution in [0.5, 0.6) is 0 Å². The molecule has 404 valence electrons. The zero-order valence-corrected chi connectivity index (χ0v) is 46.6. The second-order valence-electron chi connectivity index (χ2n) is 21.1. The predicted octanol–water partition coefficient (Wildman–Crippen LogP) is 19.1. The van der Waals surface area contributed by atoms with Crippen molar-refractivity contribution in [2.45, 2.75) is 5.92 Å². The molecule has 0 bridgehead atoms. The van der Waals surface area contributed by atoms with Crippen molar-refractivity contribution >= 4 is 17.1 Å². The second-order valence-corrected chi connectivity index (χ2v) is 21.1. The van der Waals surface area contributed by atoms with Crippen LogP contribution in [0.1, 0.15) is 22.9 Å². The van der Waals surface area contributed by atoms with Crippen LogP contribution in [0.4, 0.5) is 17.1 Å². The number of rotatable bonds is 12. The summed E-state index contributed by atoms with van der Waals surface area (Å²) in [6.07, 6.45) is 0. The van der Waals surface area contributed by atoms with Crippen LogP contribution in [0.3, 0.4) is 0 Å². The Kier molecular flexibility index (Phi) is 13.5. The van der Waals surface area contributed by atoms with Crippen LogP contribution >= 0.6 is 0 Å². The number of aromatic nitrogens is 7. The molecule has 8 nitrogen and oxygen atoms in total. The first-order valence-electron chi connectivity index (χ1n) is 28.8. The van der Waals surface area contributed by atoms with Gasteiger partial charge in [0.2, 0.25) is 0 Å². The van der Waals surface area contributed by atoms with Gasteiger partial charge in [0.25, 0.3) is 0 Å². The van der Waals surface area contributed by atoms with Gasteiger partial charge in [0, 0.05) is 55.6 Å². The molecule has 0 N–H and O–H groups in total. The van der Waals surface area contributed by atoms with Crippen LogP contribution in [0.2, 0.25) is 0 Å². The van der Waals surface area contributed by atoms with Gasteiger partial charge < -0.3 is 4.90 Å². The quantitative estimate of drug-likeness (QED) is 0.119. The molecule has 8 heteroatoms. The Morgan fingerprint density at radius 3 is 0.965 bits per heavy atom. The van der Waals surface area contributed by atoms with Crippen LogP contribution in [0.25, 0.3) is 113 Å². The van der Waals surface area contributed by atoms with Gasteiger partial charge in [-0.1, -0.05) is 279 Å². The third kappa shape index (κ3) is 9.76. The van der Waals surface area contributed by atoms with Crippen LogP contribution in [0, 0.1) is 0 Å². The normalized spacial score (nSPS) is 11.9. The first-order chi connectivity index (χ1) is 42.7. The van der Waals surface area contributed by atoms with E-state index in [0.29, 0.717) is 34.8 Å². The highest BCUT2D eigenvalue weighted by Crippen LogP contribution is 2.58. The molecular weight excluding hydrogens is 1050 g/mol. The van der Waals surface area contributed by atoms with Crippen molar-refractivity contribution in [3.05, 3.63) is 326 Å². The summed E-state index contributed by atoms with van der Waals surface area (Å²) < 4.78 is 0. The van der Waals surface area contributed by atoms with E-state index in [4.69, 9.17) is 34.9 Å². The van der Waals surface area contributed by atoms with Gasteiger partial charge in [0.1, 0.15) is 5.82 Å². The fourth-order valence-electron chi connectivity index (χ4n) is 11.8. The van der Waals surface area contributed by atoms with E-state index in [1.165, 1.54) is 0 Å². The molecule has 86 heavy (non-hydrogen) atoms. The fourth-order valence-corrected chi connectivity index (χ4v) is 11.8. The third-order valence-electron chi connectivity index (χ3n) is 15.8. The summed E-state index contributed by atoms with van der Waals surface area (Å²) in [7, 11) is 0. The zero-order valence-electron chi connectivity index (χ0n) is 46.6. The van der Waals surface area contributed by atoms with Gasteiger partial charge in [-0.3, -0.25) is 0 Å². The topological polar surface area (TPSA) is 93.5 Å². The van der Waals surface area contributed by atoms with Gasteiger partial charge in [0.15, 0.2) is 23.3 Å². The van der Waals surface area contributed by atoms with Gasteiger partial charge in [-0.2, -0.15) is 0 Å². The first-order valence-corrected chi connectivity index (χ1v) is 28.8. The number of hydrogen-bond donors (Lipinski definition) is 0. The highest BCUT2D eigenvalue weighted by molar-refractivity contribution is 6.09. The summed E-state index contributed by atoms with van der Waals surface area (Å²) in [5.41, 5.74) is 19.1. The van der Waals surface area contributed by atoms with E-state index < -0.39 is 5.92 Å². The Balaban J connectivity index is 1.09. The van der Waals surface area contributed by atoms with E-state index in [-0.39, 0.29) is 0 Å². The van der Waals surface area contributed by atoms with Gasteiger partial charge in [-0.15, -0.1) is 0 Å². The summed E-state index contributed by atoms with van der Waals surface area (Å²) in [6.45, 7) is 0. The summed E-state index contributed by atoms with van der Waals surface area (Å²) in [5.74, 6) is 2.58. The minimum Gasteiger partial charge on any atom is -0.309 e. The van der Waals surface area contributed by atoms with E-state index in [1.807, 2.05) is 72.8 Å². The molecule has 0 atom stereocenters. The van der Waals surface area contributed by atoms with Gasteiger partial charge in [-0.25, -0.2) is 34.9 Å². The number of para-hydroxylation sites is 2. The molecule has 0 amide bonds. The van der Waals surface area contributed by atoms with E-state index in [2.05, 4.69) is 241 Å². The maximum Gasteiger partial charge on any atom is 0.163 e. The molecule has 0 saturated carbocycles. The minimum atomic E-state index is -0.415. The van der Waals surface area contributed by atoms with Crippen LogP contribution in [-0.2, 0) is 0 Å². The van der Waals surface area contributed by atoms with Gasteiger partial charge in [-0.05, 0) is 52.6 Å². The van der Waals surface area contributed by atoms with Crippen molar-refractivity contribution in [3.8, 4) is 113 Å². The van der Waals surface area contributed by atoms with Crippen molar-refractivity contribution in [1.82, 2.24) is 34.9 Å². The molecule has 0 unspecified atom stereocenters. The van der Waals surface area contributed by atoms with Gasteiger partial charge in [0.05, 0.1) is 45.8 Å². The Morgan fingerprint density at radius 2 is 0.547 bits per heavy atom. The summed E-state index contributed by atoms with van der Waals surface area (Å²) in [6, 6.07) is 107. The fraction of sp³-hybridized carbons (Fsp3) is 0.0128. The van der Waals surface area contributed by atoms with Crippen LogP contribution < -0.4 is 4.90 Å². The van der Waals surface area contributed by atoms with E-state index >= 15 is 0 Å². The highest BCUT2D eigenvalue weighted by atomic mass is 15.2. The predicted molar refractivity (Wildman–Crippen MR) is 347 cm³/mol. The van der Waals surface area contributed by atoms with Crippen molar-refractivity contribution in [2.75, 3.05) is 4.90 Å². The molecule has 15 rings (SSSR count). The lowest BCUT2D eigenvalue weighted by molar-refractivity contribution is 0.826. The highest BCUT2D eigenvalue weighted by Gasteiger charge is 2.38. The lowest BCUT2D eigenvalue weighted by Crippen LogP contribution is -2.25. The lowest BCUT2D eigenvalue weighted by atomic mass is 9.81. The molecule has 1 aliphatic heterocycles. The molecule has 1 aliphatic rings. The third-order valence-corrected chi connectivity index (χ3v) is 15.8. The van der Waals surface area contributed by atoms with Crippen molar-refractivity contribution in [2.24, 2.45) is 0 Å². The molecule has 0 saturated heterocycles. The number of anilines is 3. The van der Waals surface area contributed by atoms with Gasteiger partial charge >= 0.3 is 0 Å². The molecule has 0 spiro atoms. The number of fused-ring (bicyclic) bond motifs is 2. The Bertz CT molecular complexity index is 4510. The molecule has 0 fully saturated rings. The summed E-state index contributed by atoms with van der Waals surface area (Å²) >= 11 is 0. The van der Waals surface area contributed by atoms with E-state index in [9.17, 15) is 0 Å². The average molecular weight is 1100 g/mol. The maximum absolute atomic E-state index is 5.70. The van der Waals surface area contributed by atoms with Crippen molar-refractivity contribution in [3.63, 3.8) is 0 Å². The Morgan fingerprint density at radius 1 is 0.233 bits per heavy atom. The minimum absolute atomic E-state index is 0.415. The SMILES string of the molecule is c1ccc(-c2cc(-c3cc(-c4nc(-c5ccccc5)cc(-c5ccccc5)n4)c(-c4ccccc4)c(-c4ccccc4)c3N3c4ccccc4C(c4nc(-c5ccccc5)nc(-c5ccccc5)n4)c4ccccc43)nc(-c3ccccc3)n2)cc1. The largest absolute Gasteiger partial charge is 0.309 e. The van der Waals surface area contributed by atoms with Crippen LogP contribution in [-0.4, -0.2) is 34.9 Å². The molecule has 4 heterocycles. The zero-order chi connectivity index (χ0) is 57.2. The summed E-state index contributed by atoms with van der Waals surface area (Å²) in [4.78, 5) is 40.8. The standard InChI is InChI=1S/C78H52N8/c1-9-29-52(30-10-1)64-50-65(53-31-11-2-12-32-53)81-77(80-64)63-49-62(67-51-66(54-33-13-3-14-34-54)79-74(82-67)57-39-19-6-20-40-57)73(71(56-37-17-5-18-38-56)70(63)55-35-15-4-16-36-55)86-68-47-27-25-45-60(68)72(61-46-26-28-48-69(61)86)78-84-75(58-41-21-7-22-42-58)83-76(85-78)59-43-23-8-24-44-59/h1-51,72H. The number of hydrogen-bond acceptors (Lipinski definition) is 8. The van der Waals surface area contributed by atoms with E-state index in [1.54, 1.807) is 0 Å². The smallest absolute Gasteiger partial charge is 0.163 e. The molecule has 0 aliphatic carbocycles. The molecule has 3 aromatic heterocycles. The van der Waals surface area contributed by atoms with E-state index in [0.717, 1.165) is 112 Å². The second kappa shape index (κ2) is 22.6. The molecule has 14 aromatic rings. The van der Waals surface area contributed by atoms with Crippen molar-refractivity contribution in [1.29, 1.82) is 0 Å². The Hall–Kier alpha value is -11.6. The summed E-state index contributed by atoms with van der Waals surface area (Å²) in [5, 5.41) is 0. The lowest BCUT2D eigenvalue weighted by Gasteiger charge is -2.40. The number of nitrogens with zero attached hydrogens (tertiary/aromatic N) is 8. The monoisotopic (exact) mass is 1100 g/mol. The molecular formula is C78H52N8. The van der Waals surface area contributed by atoms with Crippen LogP contribution in [0.15, 0.2) is 309 Å². The average Bonchev–Trinajstić information content (AvgIpc) is 1.43. The maximum atomic E-state index is 5.70. The van der Waals surface area contributed by atoms with Crippen molar-refractivity contribution < 1.29 is 0 Å². The Labute approximate surface area is 499 Å². The molecule has 0 radical (unpaired) electrons. The first kappa shape index (κ1) is 51.3.